The van der Waals surface area contributed by atoms with Crippen molar-refractivity contribution in [3.63, 3.8) is 0 Å². The first-order valence-electron chi connectivity index (χ1n) is 8.64. The Morgan fingerprint density at radius 3 is 1.95 bits per heavy atom. The molecule has 0 heterocycles. The third kappa shape index (κ3) is 15.6. The Morgan fingerprint density at radius 2 is 1.32 bits per heavy atom. The van der Waals surface area contributed by atoms with Crippen molar-refractivity contribution in [2.24, 2.45) is 0 Å². The van der Waals surface area contributed by atoms with Crippen molar-refractivity contribution in [1.82, 2.24) is 0 Å². The van der Waals surface area contributed by atoms with E-state index >= 15 is 0 Å². The normalized spacial score (nSPS) is 13.2. The molecule has 1 nitrogen and oxygen atoms in total. The van der Waals surface area contributed by atoms with Gasteiger partial charge in [-0.3, -0.25) is 0 Å². The summed E-state index contributed by atoms with van der Waals surface area (Å²) in [6.45, 7) is 4.49. The summed E-state index contributed by atoms with van der Waals surface area (Å²) in [6, 6.07) is 0. The smallest absolute Gasteiger partial charge is 0.0574 e. The summed E-state index contributed by atoms with van der Waals surface area (Å²) < 4.78 is 0. The molecule has 0 aliphatic carbocycles. The number of hydrogen-bond donors (Lipinski definition) is 1. The molecule has 0 aliphatic rings. The van der Waals surface area contributed by atoms with E-state index in [-0.39, 0.29) is 6.10 Å². The highest BCUT2D eigenvalue weighted by molar-refractivity contribution is 4.83. The minimum absolute atomic E-state index is 0.113. The Kier molecular flexibility index (Phi) is 15.5. The van der Waals surface area contributed by atoms with Crippen molar-refractivity contribution in [1.29, 1.82) is 0 Å². The van der Waals surface area contributed by atoms with Crippen LogP contribution < -0.4 is 0 Å². The van der Waals surface area contributed by atoms with Gasteiger partial charge in [-0.1, -0.05) is 83.8 Å². The van der Waals surface area contributed by atoms with Crippen LogP contribution in [-0.4, -0.2) is 11.2 Å². The van der Waals surface area contributed by atoms with Crippen LogP contribution in [0.5, 0.6) is 0 Å². The van der Waals surface area contributed by atoms with E-state index in [1.807, 2.05) is 0 Å². The Bertz CT molecular complexity index is 186. The molecule has 0 aromatic rings. The molecular formula is C18H36O. The first-order chi connectivity index (χ1) is 9.31. The lowest BCUT2D eigenvalue weighted by Crippen LogP contribution is -2.04. The summed E-state index contributed by atoms with van der Waals surface area (Å²) >= 11 is 0. The van der Waals surface area contributed by atoms with Gasteiger partial charge in [0.25, 0.3) is 0 Å². The quantitative estimate of drug-likeness (QED) is 0.302. The SMILES string of the molecule is CCCCCCCC=CCC(O)CCCCCCC. The number of aliphatic hydroxyl groups is 1. The van der Waals surface area contributed by atoms with Crippen molar-refractivity contribution >= 4 is 0 Å². The second-order valence-corrected chi connectivity index (χ2v) is 5.77. The van der Waals surface area contributed by atoms with Gasteiger partial charge in [0.2, 0.25) is 0 Å². The highest BCUT2D eigenvalue weighted by Crippen LogP contribution is 2.10. The molecule has 0 aromatic carbocycles. The molecule has 0 saturated heterocycles. The number of rotatable bonds is 14. The van der Waals surface area contributed by atoms with Crippen molar-refractivity contribution in [3.05, 3.63) is 12.2 Å². The van der Waals surface area contributed by atoms with Gasteiger partial charge in [0.05, 0.1) is 6.10 Å². The second kappa shape index (κ2) is 15.8. The summed E-state index contributed by atoms with van der Waals surface area (Å²) in [5.74, 6) is 0. The monoisotopic (exact) mass is 268 g/mol. The molecule has 0 fully saturated rings. The predicted molar refractivity (Wildman–Crippen MR) is 86.5 cm³/mol. The molecule has 0 spiro atoms. The lowest BCUT2D eigenvalue weighted by molar-refractivity contribution is 0.163. The molecule has 0 saturated carbocycles. The average Bonchev–Trinajstić information content (AvgIpc) is 2.41. The molecule has 0 radical (unpaired) electrons. The number of aliphatic hydroxyl groups excluding tert-OH is 1. The zero-order chi connectivity index (χ0) is 14.2. The van der Waals surface area contributed by atoms with Gasteiger partial charge >= 0.3 is 0 Å². The summed E-state index contributed by atoms with van der Waals surface area (Å²) in [7, 11) is 0. The Labute approximate surface area is 121 Å². The molecule has 19 heavy (non-hydrogen) atoms. The van der Waals surface area contributed by atoms with Crippen LogP contribution in [0, 0.1) is 0 Å². The van der Waals surface area contributed by atoms with Crippen molar-refractivity contribution in [3.8, 4) is 0 Å². The van der Waals surface area contributed by atoms with E-state index < -0.39 is 0 Å². The minimum Gasteiger partial charge on any atom is -0.393 e. The van der Waals surface area contributed by atoms with Gasteiger partial charge in [-0.15, -0.1) is 0 Å². The van der Waals surface area contributed by atoms with E-state index in [1.54, 1.807) is 0 Å². The summed E-state index contributed by atoms with van der Waals surface area (Å²) in [5.41, 5.74) is 0. The van der Waals surface area contributed by atoms with Gasteiger partial charge in [-0.2, -0.15) is 0 Å². The first kappa shape index (κ1) is 18.7. The summed E-state index contributed by atoms with van der Waals surface area (Å²) in [4.78, 5) is 0. The van der Waals surface area contributed by atoms with E-state index in [9.17, 15) is 5.11 Å². The molecule has 114 valence electrons. The zero-order valence-electron chi connectivity index (χ0n) is 13.4. The van der Waals surface area contributed by atoms with Gasteiger partial charge in [0.15, 0.2) is 0 Å². The van der Waals surface area contributed by atoms with Crippen LogP contribution in [0.25, 0.3) is 0 Å². The van der Waals surface area contributed by atoms with Crippen molar-refractivity contribution in [2.75, 3.05) is 0 Å². The fraction of sp³-hybridized carbons (Fsp3) is 0.889. The Morgan fingerprint density at radius 1 is 0.737 bits per heavy atom. The lowest BCUT2D eigenvalue weighted by Gasteiger charge is -2.07. The third-order valence-corrected chi connectivity index (χ3v) is 3.69. The van der Waals surface area contributed by atoms with Crippen LogP contribution in [0.15, 0.2) is 12.2 Å². The highest BCUT2D eigenvalue weighted by atomic mass is 16.3. The molecule has 0 aromatic heterocycles. The van der Waals surface area contributed by atoms with Crippen molar-refractivity contribution in [2.45, 2.75) is 103 Å². The van der Waals surface area contributed by atoms with Gasteiger partial charge in [-0.05, 0) is 25.7 Å². The van der Waals surface area contributed by atoms with Gasteiger partial charge < -0.3 is 5.11 Å². The fourth-order valence-corrected chi connectivity index (χ4v) is 2.34. The van der Waals surface area contributed by atoms with Gasteiger partial charge in [0, 0.05) is 0 Å². The summed E-state index contributed by atoms with van der Waals surface area (Å²) in [5, 5.41) is 9.83. The van der Waals surface area contributed by atoms with Gasteiger partial charge in [-0.25, -0.2) is 0 Å². The molecule has 0 bridgehead atoms. The minimum atomic E-state index is -0.113. The van der Waals surface area contributed by atoms with Crippen LogP contribution in [0.4, 0.5) is 0 Å². The standard InChI is InChI=1S/C18H36O/c1-3-5-7-9-10-11-13-15-17-18(19)16-14-12-8-6-4-2/h13,15,18-19H,3-12,14,16-17H2,1-2H3. The van der Waals surface area contributed by atoms with Crippen LogP contribution >= 0.6 is 0 Å². The van der Waals surface area contributed by atoms with Gasteiger partial charge in [0.1, 0.15) is 0 Å². The molecular weight excluding hydrogens is 232 g/mol. The number of allylic oxidation sites excluding steroid dienone is 1. The van der Waals surface area contributed by atoms with E-state index in [2.05, 4.69) is 26.0 Å². The maximum atomic E-state index is 9.83. The summed E-state index contributed by atoms with van der Waals surface area (Å²) in [6.07, 6.45) is 20.5. The first-order valence-corrected chi connectivity index (χ1v) is 8.64. The second-order valence-electron chi connectivity index (χ2n) is 5.77. The van der Waals surface area contributed by atoms with Crippen molar-refractivity contribution < 1.29 is 5.11 Å². The van der Waals surface area contributed by atoms with E-state index in [4.69, 9.17) is 0 Å². The molecule has 0 amide bonds. The molecule has 1 heteroatoms. The van der Waals surface area contributed by atoms with E-state index in [0.717, 1.165) is 12.8 Å². The Balaban J connectivity index is 3.24. The zero-order valence-corrected chi connectivity index (χ0v) is 13.4. The van der Waals surface area contributed by atoms with Crippen LogP contribution in [0.2, 0.25) is 0 Å². The van der Waals surface area contributed by atoms with E-state index in [0.29, 0.717) is 0 Å². The fourth-order valence-electron chi connectivity index (χ4n) is 2.34. The average molecular weight is 268 g/mol. The largest absolute Gasteiger partial charge is 0.393 e. The molecule has 1 N–H and O–H groups in total. The van der Waals surface area contributed by atoms with E-state index in [1.165, 1.54) is 70.6 Å². The van der Waals surface area contributed by atoms with Crippen LogP contribution in [0.1, 0.15) is 97.3 Å². The topological polar surface area (TPSA) is 20.2 Å². The van der Waals surface area contributed by atoms with Crippen LogP contribution in [0.3, 0.4) is 0 Å². The molecule has 1 unspecified atom stereocenters. The number of unbranched alkanes of at least 4 members (excludes halogenated alkanes) is 9. The number of hydrogen-bond acceptors (Lipinski definition) is 1. The highest BCUT2D eigenvalue weighted by Gasteiger charge is 2.00. The van der Waals surface area contributed by atoms with Crippen LogP contribution in [-0.2, 0) is 0 Å². The predicted octanol–water partition coefficient (Wildman–Crippen LogP) is 6.01. The molecule has 0 aliphatic heterocycles. The Hall–Kier alpha value is -0.300. The maximum absolute atomic E-state index is 9.83. The maximum Gasteiger partial charge on any atom is 0.0574 e. The third-order valence-electron chi connectivity index (χ3n) is 3.69. The lowest BCUT2D eigenvalue weighted by atomic mass is 10.1. The molecule has 0 rings (SSSR count). The molecule has 1 atom stereocenters.